The summed E-state index contributed by atoms with van der Waals surface area (Å²) in [5, 5.41) is 0. The van der Waals surface area contributed by atoms with E-state index in [0.717, 1.165) is 12.0 Å². The van der Waals surface area contributed by atoms with Gasteiger partial charge in [0.1, 0.15) is 11.5 Å². The Hall–Kier alpha value is -3.55. The summed E-state index contributed by atoms with van der Waals surface area (Å²) in [7, 11) is 3.07. The first-order chi connectivity index (χ1) is 15.4. The van der Waals surface area contributed by atoms with Crippen LogP contribution in [-0.4, -0.2) is 49.9 Å². The van der Waals surface area contributed by atoms with Crippen LogP contribution in [0.15, 0.2) is 42.5 Å². The van der Waals surface area contributed by atoms with Crippen molar-refractivity contribution < 1.29 is 23.9 Å². The normalized spacial score (nSPS) is 13.9. The van der Waals surface area contributed by atoms with Gasteiger partial charge in [-0.3, -0.25) is 25.2 Å². The maximum Gasteiger partial charge on any atom is 0.269 e. The van der Waals surface area contributed by atoms with Gasteiger partial charge in [-0.05, 0) is 49.1 Å². The molecule has 3 amide bonds. The maximum atomic E-state index is 12.9. The quantitative estimate of drug-likeness (QED) is 0.675. The first-order valence-electron chi connectivity index (χ1n) is 10.7. The number of ether oxygens (including phenoxy) is 2. The lowest BCUT2D eigenvalue weighted by Gasteiger charge is -2.31. The van der Waals surface area contributed by atoms with Crippen LogP contribution in [-0.2, 0) is 11.2 Å². The topological polar surface area (TPSA) is 97.0 Å². The Morgan fingerprint density at radius 3 is 2.03 bits per heavy atom. The van der Waals surface area contributed by atoms with Gasteiger partial charge in [0.2, 0.25) is 5.91 Å². The minimum Gasteiger partial charge on any atom is -0.497 e. The highest BCUT2D eigenvalue weighted by atomic mass is 16.5. The van der Waals surface area contributed by atoms with E-state index in [-0.39, 0.29) is 23.6 Å². The van der Waals surface area contributed by atoms with E-state index in [0.29, 0.717) is 48.6 Å². The van der Waals surface area contributed by atoms with Crippen LogP contribution >= 0.6 is 0 Å². The molecule has 1 fully saturated rings. The molecule has 0 atom stereocenters. The zero-order chi connectivity index (χ0) is 23.1. The van der Waals surface area contributed by atoms with Crippen LogP contribution in [0.5, 0.6) is 11.5 Å². The SMILES string of the molecule is CCc1ccc(C(=O)NNC(=O)C2CCN(C(=O)c3cc(OC)cc(OC)c3)CC2)cc1. The number of rotatable bonds is 6. The van der Waals surface area contributed by atoms with Gasteiger partial charge in [-0.1, -0.05) is 19.1 Å². The van der Waals surface area contributed by atoms with Crippen molar-refractivity contribution in [2.24, 2.45) is 5.92 Å². The Morgan fingerprint density at radius 2 is 1.50 bits per heavy atom. The van der Waals surface area contributed by atoms with E-state index in [9.17, 15) is 14.4 Å². The van der Waals surface area contributed by atoms with Crippen LogP contribution in [0.1, 0.15) is 46.0 Å². The van der Waals surface area contributed by atoms with E-state index < -0.39 is 0 Å². The van der Waals surface area contributed by atoms with Crippen LogP contribution in [0.4, 0.5) is 0 Å². The third-order valence-corrected chi connectivity index (χ3v) is 5.67. The summed E-state index contributed by atoms with van der Waals surface area (Å²) >= 11 is 0. The number of hydrogen-bond donors (Lipinski definition) is 2. The molecule has 8 nitrogen and oxygen atoms in total. The average Bonchev–Trinajstić information content (AvgIpc) is 2.86. The fourth-order valence-corrected chi connectivity index (χ4v) is 3.64. The summed E-state index contributed by atoms with van der Waals surface area (Å²) in [4.78, 5) is 39.3. The van der Waals surface area contributed by atoms with E-state index in [1.54, 1.807) is 35.2 Å². The smallest absolute Gasteiger partial charge is 0.269 e. The number of nitrogens with zero attached hydrogens (tertiary/aromatic N) is 1. The van der Waals surface area contributed by atoms with Crippen molar-refractivity contribution in [2.75, 3.05) is 27.3 Å². The lowest BCUT2D eigenvalue weighted by molar-refractivity contribution is -0.127. The monoisotopic (exact) mass is 439 g/mol. The lowest BCUT2D eigenvalue weighted by atomic mass is 9.95. The number of aryl methyl sites for hydroxylation is 1. The molecule has 2 aromatic carbocycles. The summed E-state index contributed by atoms with van der Waals surface area (Å²) < 4.78 is 10.5. The highest BCUT2D eigenvalue weighted by molar-refractivity contribution is 5.96. The first kappa shape index (κ1) is 23.1. The van der Waals surface area contributed by atoms with Gasteiger partial charge in [-0.15, -0.1) is 0 Å². The lowest BCUT2D eigenvalue weighted by Crippen LogP contribution is -2.48. The molecule has 1 aliphatic heterocycles. The zero-order valence-electron chi connectivity index (χ0n) is 18.6. The van der Waals surface area contributed by atoms with Crippen LogP contribution in [0.2, 0.25) is 0 Å². The largest absolute Gasteiger partial charge is 0.497 e. The van der Waals surface area contributed by atoms with Crippen molar-refractivity contribution in [1.29, 1.82) is 0 Å². The molecule has 0 aromatic heterocycles. The number of likely N-dealkylation sites (tertiary alicyclic amines) is 1. The van der Waals surface area contributed by atoms with Gasteiger partial charge >= 0.3 is 0 Å². The van der Waals surface area contributed by atoms with E-state index in [1.165, 1.54) is 14.2 Å². The predicted octanol–water partition coefficient (Wildman–Crippen LogP) is 2.58. The molecule has 1 aliphatic rings. The third kappa shape index (κ3) is 5.57. The molecule has 32 heavy (non-hydrogen) atoms. The Kier molecular flexibility index (Phi) is 7.70. The van der Waals surface area contributed by atoms with Gasteiger partial charge in [-0.2, -0.15) is 0 Å². The molecular weight excluding hydrogens is 410 g/mol. The first-order valence-corrected chi connectivity index (χ1v) is 10.7. The molecule has 0 radical (unpaired) electrons. The molecule has 2 N–H and O–H groups in total. The van der Waals surface area contributed by atoms with Gasteiger partial charge in [0.05, 0.1) is 14.2 Å². The minimum atomic E-state index is -0.361. The molecule has 8 heteroatoms. The fraction of sp³-hybridized carbons (Fsp3) is 0.375. The third-order valence-electron chi connectivity index (χ3n) is 5.67. The van der Waals surface area contributed by atoms with Gasteiger partial charge < -0.3 is 14.4 Å². The molecule has 0 bridgehead atoms. The van der Waals surface area contributed by atoms with Gasteiger partial charge in [0.15, 0.2) is 0 Å². The van der Waals surface area contributed by atoms with Gasteiger partial charge in [-0.25, -0.2) is 0 Å². The minimum absolute atomic E-state index is 0.134. The van der Waals surface area contributed by atoms with E-state index in [1.807, 2.05) is 19.1 Å². The standard InChI is InChI=1S/C24H29N3O5/c1-4-16-5-7-17(8-6-16)22(28)25-26-23(29)18-9-11-27(12-10-18)24(30)19-13-20(31-2)15-21(14-19)32-3/h5-8,13-15,18H,4,9-12H2,1-3H3,(H,25,28)(H,26,29). The Balaban J connectivity index is 1.51. The zero-order valence-corrected chi connectivity index (χ0v) is 18.6. The number of benzene rings is 2. The van der Waals surface area contributed by atoms with Gasteiger partial charge in [0.25, 0.3) is 11.8 Å². The number of piperidine rings is 1. The molecule has 1 saturated heterocycles. The average molecular weight is 440 g/mol. The van der Waals surface area contributed by atoms with Crippen molar-refractivity contribution in [2.45, 2.75) is 26.2 Å². The Labute approximate surface area is 187 Å². The van der Waals surface area contributed by atoms with Crippen molar-refractivity contribution in [1.82, 2.24) is 15.8 Å². The number of methoxy groups -OCH3 is 2. The van der Waals surface area contributed by atoms with Crippen LogP contribution in [0, 0.1) is 5.92 Å². The van der Waals surface area contributed by atoms with Crippen molar-refractivity contribution in [3.05, 3.63) is 59.2 Å². The van der Waals surface area contributed by atoms with E-state index in [2.05, 4.69) is 10.9 Å². The molecule has 0 spiro atoms. The summed E-state index contributed by atoms with van der Waals surface area (Å²) in [6.45, 7) is 2.94. The second-order valence-corrected chi connectivity index (χ2v) is 7.66. The number of hydrogen-bond acceptors (Lipinski definition) is 5. The highest BCUT2D eigenvalue weighted by Gasteiger charge is 2.28. The van der Waals surface area contributed by atoms with Crippen molar-refractivity contribution in [3.8, 4) is 11.5 Å². The molecule has 0 unspecified atom stereocenters. The van der Waals surface area contributed by atoms with Gasteiger partial charge in [0, 0.05) is 36.2 Å². The molecule has 3 rings (SSSR count). The summed E-state index contributed by atoms with van der Waals surface area (Å²) in [5.74, 6) is 0.0647. The van der Waals surface area contributed by atoms with E-state index in [4.69, 9.17) is 9.47 Å². The predicted molar refractivity (Wildman–Crippen MR) is 120 cm³/mol. The number of carbonyl (C=O) groups is 3. The highest BCUT2D eigenvalue weighted by Crippen LogP contribution is 2.25. The number of carbonyl (C=O) groups excluding carboxylic acids is 3. The summed E-state index contributed by atoms with van der Waals surface area (Å²) in [6, 6.07) is 12.3. The number of amides is 3. The molecule has 2 aromatic rings. The summed E-state index contributed by atoms with van der Waals surface area (Å²) in [6.07, 6.45) is 1.92. The molecule has 0 aliphatic carbocycles. The molecule has 1 heterocycles. The summed E-state index contributed by atoms with van der Waals surface area (Å²) in [5.41, 5.74) is 7.08. The maximum absolute atomic E-state index is 12.9. The van der Waals surface area contributed by atoms with Crippen LogP contribution < -0.4 is 20.3 Å². The van der Waals surface area contributed by atoms with Crippen LogP contribution in [0.25, 0.3) is 0 Å². The Bertz CT molecular complexity index is 944. The number of nitrogens with one attached hydrogen (secondary N) is 2. The van der Waals surface area contributed by atoms with E-state index >= 15 is 0 Å². The number of hydrazine groups is 1. The van der Waals surface area contributed by atoms with Crippen LogP contribution in [0.3, 0.4) is 0 Å². The Morgan fingerprint density at radius 1 is 0.906 bits per heavy atom. The molecule has 0 saturated carbocycles. The fourth-order valence-electron chi connectivity index (χ4n) is 3.64. The second kappa shape index (κ2) is 10.7. The molecule has 170 valence electrons. The van der Waals surface area contributed by atoms with Crippen molar-refractivity contribution >= 4 is 17.7 Å². The molecular formula is C24H29N3O5. The second-order valence-electron chi connectivity index (χ2n) is 7.66. The van der Waals surface area contributed by atoms with Crippen molar-refractivity contribution in [3.63, 3.8) is 0 Å².